The molecule has 0 bridgehead atoms. The molecule has 6 N–H and O–H groups in total. The summed E-state index contributed by atoms with van der Waals surface area (Å²) in [6.45, 7) is 0. The lowest BCUT2D eigenvalue weighted by Crippen LogP contribution is -2.38. The zero-order chi connectivity index (χ0) is 26.7. The second-order valence-corrected chi connectivity index (χ2v) is 8.79. The summed E-state index contributed by atoms with van der Waals surface area (Å²) in [5.74, 6) is -1.43. The molecule has 3 aromatic carbocycles. The third-order valence-electron chi connectivity index (χ3n) is 5.99. The highest BCUT2D eigenvalue weighted by molar-refractivity contribution is 6.06. The van der Waals surface area contributed by atoms with Crippen molar-refractivity contribution in [3.05, 3.63) is 108 Å². The van der Waals surface area contributed by atoms with Crippen molar-refractivity contribution >= 4 is 35.4 Å². The minimum absolute atomic E-state index is 0.259. The van der Waals surface area contributed by atoms with E-state index >= 15 is 0 Å². The maximum absolute atomic E-state index is 12.4. The summed E-state index contributed by atoms with van der Waals surface area (Å²) in [6, 6.07) is 24.9. The molecule has 0 saturated carbocycles. The van der Waals surface area contributed by atoms with Gasteiger partial charge in [-0.05, 0) is 77.8 Å². The van der Waals surface area contributed by atoms with Crippen LogP contribution in [-0.2, 0) is 4.79 Å². The minimum Gasteiger partial charge on any atom is -0.368 e. The Bertz CT molecular complexity index is 1410. The maximum atomic E-state index is 12.4. The van der Waals surface area contributed by atoms with E-state index < -0.39 is 11.8 Å². The SMILES string of the molecule is NC(=NN=C(N)NC(=O)c1ccc(-c2ccccc2)cc1)NC(=O)C=Cc1cccc(C2=CCCCC2)c1. The molecule has 4 rings (SSSR count). The molecule has 0 aliphatic heterocycles. The highest BCUT2D eigenvalue weighted by Crippen LogP contribution is 2.27. The zero-order valence-electron chi connectivity index (χ0n) is 20.9. The molecule has 3 aromatic rings. The number of nitrogens with two attached hydrogens (primary N) is 2. The molecule has 0 radical (unpaired) electrons. The van der Waals surface area contributed by atoms with Gasteiger partial charge in [-0.3, -0.25) is 20.2 Å². The van der Waals surface area contributed by atoms with Crippen molar-refractivity contribution in [3.63, 3.8) is 0 Å². The van der Waals surface area contributed by atoms with E-state index in [-0.39, 0.29) is 11.9 Å². The predicted molar refractivity (Wildman–Crippen MR) is 153 cm³/mol. The first-order chi connectivity index (χ1) is 18.5. The number of nitrogens with zero attached hydrogens (tertiary/aromatic N) is 2. The molecule has 0 unspecified atom stereocenters. The van der Waals surface area contributed by atoms with Crippen LogP contribution in [0.25, 0.3) is 22.8 Å². The third-order valence-corrected chi connectivity index (χ3v) is 5.99. The number of hydrogen-bond donors (Lipinski definition) is 4. The van der Waals surface area contributed by atoms with Crippen molar-refractivity contribution in [1.82, 2.24) is 10.6 Å². The Morgan fingerprint density at radius 3 is 2.16 bits per heavy atom. The fourth-order valence-electron chi connectivity index (χ4n) is 4.07. The molecule has 8 nitrogen and oxygen atoms in total. The number of carbonyl (C=O) groups excluding carboxylic acids is 2. The molecule has 0 heterocycles. The van der Waals surface area contributed by atoms with Gasteiger partial charge in [-0.1, -0.05) is 66.7 Å². The fraction of sp³-hybridized carbons (Fsp3) is 0.133. The Labute approximate surface area is 221 Å². The van der Waals surface area contributed by atoms with E-state index in [4.69, 9.17) is 11.5 Å². The normalized spacial score (nSPS) is 14.2. The summed E-state index contributed by atoms with van der Waals surface area (Å²) in [5, 5.41) is 12.2. The molecule has 192 valence electrons. The molecular formula is C30H30N6O2. The average Bonchev–Trinajstić information content (AvgIpc) is 2.96. The van der Waals surface area contributed by atoms with Gasteiger partial charge in [-0.25, -0.2) is 0 Å². The van der Waals surface area contributed by atoms with E-state index in [1.807, 2.05) is 54.6 Å². The van der Waals surface area contributed by atoms with Crippen LogP contribution in [0.1, 0.15) is 47.2 Å². The van der Waals surface area contributed by atoms with Crippen LogP contribution in [-0.4, -0.2) is 23.7 Å². The molecule has 0 aromatic heterocycles. The van der Waals surface area contributed by atoms with E-state index in [1.54, 1.807) is 18.2 Å². The summed E-state index contributed by atoms with van der Waals surface area (Å²) in [6.07, 6.45) is 9.97. The van der Waals surface area contributed by atoms with Crippen molar-refractivity contribution in [2.45, 2.75) is 25.7 Å². The Kier molecular flexibility index (Phi) is 8.80. The molecule has 1 aliphatic rings. The van der Waals surface area contributed by atoms with E-state index in [1.165, 1.54) is 30.1 Å². The molecule has 0 atom stereocenters. The number of nitrogens with one attached hydrogen (secondary N) is 2. The van der Waals surface area contributed by atoms with Crippen LogP contribution >= 0.6 is 0 Å². The second kappa shape index (κ2) is 12.8. The molecular weight excluding hydrogens is 476 g/mol. The summed E-state index contributed by atoms with van der Waals surface area (Å²) in [7, 11) is 0. The van der Waals surface area contributed by atoms with Crippen LogP contribution in [0.2, 0.25) is 0 Å². The van der Waals surface area contributed by atoms with E-state index in [0.29, 0.717) is 5.56 Å². The molecule has 0 fully saturated rings. The van der Waals surface area contributed by atoms with Crippen LogP contribution < -0.4 is 22.1 Å². The van der Waals surface area contributed by atoms with Crippen molar-refractivity contribution in [2.24, 2.45) is 21.7 Å². The molecule has 1 aliphatic carbocycles. The van der Waals surface area contributed by atoms with Gasteiger partial charge in [0.25, 0.3) is 11.8 Å². The van der Waals surface area contributed by atoms with Crippen LogP contribution in [0.4, 0.5) is 0 Å². The quantitative estimate of drug-likeness (QED) is 0.170. The number of benzene rings is 3. The average molecular weight is 507 g/mol. The van der Waals surface area contributed by atoms with E-state index in [0.717, 1.165) is 29.5 Å². The van der Waals surface area contributed by atoms with Crippen molar-refractivity contribution in [3.8, 4) is 11.1 Å². The molecule has 0 saturated heterocycles. The highest BCUT2D eigenvalue weighted by atomic mass is 16.2. The summed E-state index contributed by atoms with van der Waals surface area (Å²) in [5.41, 5.74) is 17.3. The summed E-state index contributed by atoms with van der Waals surface area (Å²) in [4.78, 5) is 24.7. The maximum Gasteiger partial charge on any atom is 0.257 e. The monoisotopic (exact) mass is 506 g/mol. The van der Waals surface area contributed by atoms with Crippen LogP contribution in [0.5, 0.6) is 0 Å². The minimum atomic E-state index is -0.468. The van der Waals surface area contributed by atoms with Crippen molar-refractivity contribution < 1.29 is 9.59 Å². The lowest BCUT2D eigenvalue weighted by Gasteiger charge is -2.13. The topological polar surface area (TPSA) is 135 Å². The predicted octanol–water partition coefficient (Wildman–Crippen LogP) is 4.41. The van der Waals surface area contributed by atoms with Gasteiger partial charge in [0.2, 0.25) is 11.9 Å². The van der Waals surface area contributed by atoms with Gasteiger partial charge in [-0.2, -0.15) is 0 Å². The molecule has 38 heavy (non-hydrogen) atoms. The van der Waals surface area contributed by atoms with Crippen LogP contribution in [0.15, 0.2) is 101 Å². The lowest BCUT2D eigenvalue weighted by molar-refractivity contribution is -0.115. The first-order valence-corrected chi connectivity index (χ1v) is 12.4. The Balaban J connectivity index is 1.29. The number of rotatable bonds is 6. The smallest absolute Gasteiger partial charge is 0.257 e. The van der Waals surface area contributed by atoms with Gasteiger partial charge >= 0.3 is 0 Å². The largest absolute Gasteiger partial charge is 0.368 e. The van der Waals surface area contributed by atoms with Crippen molar-refractivity contribution in [2.75, 3.05) is 0 Å². The van der Waals surface area contributed by atoms with Gasteiger partial charge < -0.3 is 11.5 Å². The third kappa shape index (κ3) is 7.51. The lowest BCUT2D eigenvalue weighted by atomic mass is 9.93. The van der Waals surface area contributed by atoms with Gasteiger partial charge in [0.1, 0.15) is 0 Å². The molecule has 2 amide bonds. The van der Waals surface area contributed by atoms with E-state index in [9.17, 15) is 9.59 Å². The number of hydrogen-bond acceptors (Lipinski definition) is 4. The van der Waals surface area contributed by atoms with E-state index in [2.05, 4.69) is 39.0 Å². The number of guanidine groups is 2. The first-order valence-electron chi connectivity index (χ1n) is 12.4. The second-order valence-electron chi connectivity index (χ2n) is 8.79. The standard InChI is InChI=1S/C30H30N6O2/c31-29(33-27(37)19-14-21-8-7-13-26(20-21)23-11-5-2-6-12-23)35-36-30(32)34-28(38)25-17-15-24(16-18-25)22-9-3-1-4-10-22/h1,3-4,7-11,13-20H,2,5-6,12H2,(H3,31,33,35,37)(H3,32,34,36,38). The Hall–Kier alpha value is -4.98. The van der Waals surface area contributed by atoms with Gasteiger partial charge in [-0.15, -0.1) is 10.2 Å². The van der Waals surface area contributed by atoms with Gasteiger partial charge in [0, 0.05) is 11.6 Å². The first kappa shape index (κ1) is 26.1. The number of carbonyl (C=O) groups is 2. The number of allylic oxidation sites excluding steroid dienone is 2. The Morgan fingerprint density at radius 2 is 1.45 bits per heavy atom. The molecule has 8 heteroatoms. The number of amides is 2. The van der Waals surface area contributed by atoms with Crippen LogP contribution in [0, 0.1) is 0 Å². The Morgan fingerprint density at radius 1 is 0.763 bits per heavy atom. The fourth-order valence-corrected chi connectivity index (χ4v) is 4.07. The highest BCUT2D eigenvalue weighted by Gasteiger charge is 2.08. The molecule has 0 spiro atoms. The summed E-state index contributed by atoms with van der Waals surface area (Å²) < 4.78 is 0. The summed E-state index contributed by atoms with van der Waals surface area (Å²) >= 11 is 0. The van der Waals surface area contributed by atoms with Gasteiger partial charge in [0.05, 0.1) is 0 Å². The van der Waals surface area contributed by atoms with Crippen molar-refractivity contribution in [1.29, 1.82) is 0 Å². The zero-order valence-corrected chi connectivity index (χ0v) is 20.9. The van der Waals surface area contributed by atoms with Crippen LogP contribution in [0.3, 0.4) is 0 Å². The van der Waals surface area contributed by atoms with Gasteiger partial charge in [0.15, 0.2) is 0 Å².